The molecule has 0 bridgehead atoms. The van der Waals surface area contributed by atoms with Crippen LogP contribution in [0.3, 0.4) is 0 Å². The molecule has 3 aliphatic rings. The van der Waals surface area contributed by atoms with E-state index < -0.39 is 0 Å². The molecule has 0 radical (unpaired) electrons. The van der Waals surface area contributed by atoms with E-state index in [0.717, 1.165) is 50.3 Å². The fourth-order valence-corrected chi connectivity index (χ4v) is 4.09. The fraction of sp³-hybridized carbons (Fsp3) is 0.765. The van der Waals surface area contributed by atoms with Gasteiger partial charge in [-0.2, -0.15) is 0 Å². The summed E-state index contributed by atoms with van der Waals surface area (Å²) in [7, 11) is 0. The Labute approximate surface area is 132 Å². The van der Waals surface area contributed by atoms with E-state index in [2.05, 4.69) is 25.8 Å². The Balaban J connectivity index is 1.39. The fourth-order valence-electron chi connectivity index (χ4n) is 4.09. The Morgan fingerprint density at radius 2 is 1.82 bits per heavy atom. The topological polar surface area (TPSA) is 41.5 Å². The van der Waals surface area contributed by atoms with E-state index in [0.29, 0.717) is 5.92 Å². The van der Waals surface area contributed by atoms with Crippen molar-refractivity contribution in [3.8, 4) is 0 Å². The molecule has 0 saturated carbocycles. The summed E-state index contributed by atoms with van der Waals surface area (Å²) in [6.45, 7) is 6.55. The average molecular weight is 302 g/mol. The number of hydrogen-bond donors (Lipinski definition) is 0. The molecule has 5 nitrogen and oxygen atoms in total. The summed E-state index contributed by atoms with van der Waals surface area (Å²) in [6.07, 6.45) is 8.14. The molecule has 3 aliphatic heterocycles. The van der Waals surface area contributed by atoms with E-state index in [1.54, 1.807) is 6.33 Å². The van der Waals surface area contributed by atoms with Crippen LogP contribution >= 0.6 is 0 Å². The van der Waals surface area contributed by atoms with Gasteiger partial charge in [0, 0.05) is 37.7 Å². The van der Waals surface area contributed by atoms with Gasteiger partial charge in [-0.05, 0) is 45.2 Å². The van der Waals surface area contributed by atoms with Gasteiger partial charge in [-0.15, -0.1) is 0 Å². The summed E-state index contributed by atoms with van der Waals surface area (Å²) in [5.41, 5.74) is 1.16. The number of ether oxygens (including phenoxy) is 1. The number of nitrogens with zero attached hydrogens (tertiary/aromatic N) is 4. The standard InChI is InChI=1S/C17H26N4O/c1-2-7-20(6-1)15-3-8-21(9-4-15)17-11-16(18-13-19-17)14-5-10-22-12-14/h11,13-15H,1-10,12H2/t14-/m1/s1. The number of rotatable bonds is 3. The lowest BCUT2D eigenvalue weighted by Gasteiger charge is -2.37. The zero-order chi connectivity index (χ0) is 14.8. The Hall–Kier alpha value is -1.20. The minimum Gasteiger partial charge on any atom is -0.381 e. The maximum Gasteiger partial charge on any atom is 0.132 e. The predicted octanol–water partition coefficient (Wildman–Crippen LogP) is 2.05. The highest BCUT2D eigenvalue weighted by Crippen LogP contribution is 2.27. The molecule has 120 valence electrons. The van der Waals surface area contributed by atoms with Crippen LogP contribution in [0.4, 0.5) is 5.82 Å². The Kier molecular flexibility index (Phi) is 4.26. The van der Waals surface area contributed by atoms with Crippen molar-refractivity contribution in [2.75, 3.05) is 44.3 Å². The highest BCUT2D eigenvalue weighted by atomic mass is 16.5. The van der Waals surface area contributed by atoms with Gasteiger partial charge in [-0.25, -0.2) is 9.97 Å². The molecule has 1 aromatic heterocycles. The average Bonchev–Trinajstić information content (AvgIpc) is 3.29. The van der Waals surface area contributed by atoms with Crippen molar-refractivity contribution >= 4 is 5.82 Å². The van der Waals surface area contributed by atoms with Gasteiger partial charge in [0.15, 0.2) is 0 Å². The first-order valence-corrected chi connectivity index (χ1v) is 8.79. The lowest BCUT2D eigenvalue weighted by Crippen LogP contribution is -2.44. The number of aromatic nitrogens is 2. The van der Waals surface area contributed by atoms with Crippen molar-refractivity contribution in [1.29, 1.82) is 0 Å². The van der Waals surface area contributed by atoms with Gasteiger partial charge in [0.05, 0.1) is 12.3 Å². The van der Waals surface area contributed by atoms with Gasteiger partial charge >= 0.3 is 0 Å². The minimum absolute atomic E-state index is 0.462. The molecule has 1 atom stereocenters. The summed E-state index contributed by atoms with van der Waals surface area (Å²) < 4.78 is 5.49. The van der Waals surface area contributed by atoms with Crippen LogP contribution in [-0.4, -0.2) is 60.3 Å². The van der Waals surface area contributed by atoms with E-state index in [-0.39, 0.29) is 0 Å². The summed E-state index contributed by atoms with van der Waals surface area (Å²) in [5, 5.41) is 0. The van der Waals surface area contributed by atoms with Gasteiger partial charge < -0.3 is 14.5 Å². The highest BCUT2D eigenvalue weighted by Gasteiger charge is 2.27. The Morgan fingerprint density at radius 3 is 2.55 bits per heavy atom. The van der Waals surface area contributed by atoms with Gasteiger partial charge in [-0.3, -0.25) is 0 Å². The number of hydrogen-bond acceptors (Lipinski definition) is 5. The third-order valence-corrected chi connectivity index (χ3v) is 5.47. The summed E-state index contributed by atoms with van der Waals surface area (Å²) in [4.78, 5) is 14.1. The normalized spacial score (nSPS) is 27.6. The van der Waals surface area contributed by atoms with Crippen LogP contribution < -0.4 is 4.90 Å². The number of piperidine rings is 1. The molecule has 3 fully saturated rings. The SMILES string of the molecule is c1nc([C@@H]2CCOC2)cc(N2CCC(N3CCCC3)CC2)n1. The van der Waals surface area contributed by atoms with Crippen LogP contribution in [0.25, 0.3) is 0 Å². The van der Waals surface area contributed by atoms with Crippen LogP contribution in [0.15, 0.2) is 12.4 Å². The van der Waals surface area contributed by atoms with E-state index in [1.165, 1.54) is 38.8 Å². The first-order valence-electron chi connectivity index (χ1n) is 8.79. The number of likely N-dealkylation sites (tertiary alicyclic amines) is 1. The molecule has 0 aliphatic carbocycles. The molecule has 0 unspecified atom stereocenters. The zero-order valence-electron chi connectivity index (χ0n) is 13.3. The molecular weight excluding hydrogens is 276 g/mol. The molecular formula is C17H26N4O. The summed E-state index contributed by atoms with van der Waals surface area (Å²) >= 11 is 0. The molecule has 4 heterocycles. The summed E-state index contributed by atoms with van der Waals surface area (Å²) in [6, 6.07) is 2.98. The van der Waals surface area contributed by atoms with Crippen LogP contribution in [0.2, 0.25) is 0 Å². The Morgan fingerprint density at radius 1 is 1.00 bits per heavy atom. The van der Waals surface area contributed by atoms with Crippen LogP contribution in [0, 0.1) is 0 Å². The van der Waals surface area contributed by atoms with Crippen LogP contribution in [-0.2, 0) is 4.74 Å². The van der Waals surface area contributed by atoms with E-state index in [9.17, 15) is 0 Å². The van der Waals surface area contributed by atoms with Crippen LogP contribution in [0.1, 0.15) is 43.7 Å². The van der Waals surface area contributed by atoms with Gasteiger partial charge in [-0.1, -0.05) is 0 Å². The van der Waals surface area contributed by atoms with Gasteiger partial charge in [0.2, 0.25) is 0 Å². The molecule has 0 amide bonds. The molecule has 22 heavy (non-hydrogen) atoms. The second-order valence-corrected chi connectivity index (χ2v) is 6.82. The third kappa shape index (κ3) is 2.97. The molecule has 0 aromatic carbocycles. The maximum atomic E-state index is 5.49. The second-order valence-electron chi connectivity index (χ2n) is 6.82. The minimum atomic E-state index is 0.462. The van der Waals surface area contributed by atoms with Crippen molar-refractivity contribution in [1.82, 2.24) is 14.9 Å². The van der Waals surface area contributed by atoms with Crippen molar-refractivity contribution in [2.24, 2.45) is 0 Å². The first-order chi connectivity index (χ1) is 10.9. The molecule has 4 rings (SSSR count). The van der Waals surface area contributed by atoms with Crippen molar-refractivity contribution in [2.45, 2.75) is 44.1 Å². The Bertz CT molecular complexity index is 489. The zero-order valence-corrected chi connectivity index (χ0v) is 13.3. The van der Waals surface area contributed by atoms with Crippen molar-refractivity contribution in [3.05, 3.63) is 18.1 Å². The lowest BCUT2D eigenvalue weighted by molar-refractivity contribution is 0.193. The maximum absolute atomic E-state index is 5.49. The van der Waals surface area contributed by atoms with Gasteiger partial charge in [0.1, 0.15) is 12.1 Å². The largest absolute Gasteiger partial charge is 0.381 e. The van der Waals surface area contributed by atoms with E-state index in [4.69, 9.17) is 4.74 Å². The molecule has 1 aromatic rings. The smallest absolute Gasteiger partial charge is 0.132 e. The predicted molar refractivity (Wildman–Crippen MR) is 86.3 cm³/mol. The lowest BCUT2D eigenvalue weighted by atomic mass is 10.0. The first kappa shape index (κ1) is 14.4. The summed E-state index contributed by atoms with van der Waals surface area (Å²) in [5.74, 6) is 1.57. The monoisotopic (exact) mass is 302 g/mol. The molecule has 0 spiro atoms. The second kappa shape index (κ2) is 6.50. The van der Waals surface area contributed by atoms with E-state index in [1.807, 2.05) is 0 Å². The third-order valence-electron chi connectivity index (χ3n) is 5.47. The van der Waals surface area contributed by atoms with E-state index >= 15 is 0 Å². The molecule has 0 N–H and O–H groups in total. The number of anilines is 1. The van der Waals surface area contributed by atoms with Crippen molar-refractivity contribution < 1.29 is 4.74 Å². The highest BCUT2D eigenvalue weighted by molar-refractivity contribution is 5.40. The molecule has 3 saturated heterocycles. The van der Waals surface area contributed by atoms with Crippen LogP contribution in [0.5, 0.6) is 0 Å². The van der Waals surface area contributed by atoms with Gasteiger partial charge in [0.25, 0.3) is 0 Å². The quantitative estimate of drug-likeness (QED) is 0.855. The molecule has 5 heteroatoms. The van der Waals surface area contributed by atoms with Crippen molar-refractivity contribution in [3.63, 3.8) is 0 Å².